The van der Waals surface area contributed by atoms with Gasteiger partial charge < -0.3 is 9.47 Å². The topological polar surface area (TPSA) is 35.5 Å². The van der Waals surface area contributed by atoms with Gasteiger partial charge in [-0.1, -0.05) is 13.8 Å². The van der Waals surface area contributed by atoms with E-state index >= 15 is 0 Å². The number of benzene rings is 1. The highest BCUT2D eigenvalue weighted by Gasteiger charge is 2.12. The highest BCUT2D eigenvalue weighted by molar-refractivity contribution is 5.89. The second-order valence-electron chi connectivity index (χ2n) is 3.60. The van der Waals surface area contributed by atoms with Crippen molar-refractivity contribution in [3.05, 3.63) is 29.3 Å². The quantitative estimate of drug-likeness (QED) is 0.716. The molecule has 0 aliphatic rings. The van der Waals surface area contributed by atoms with Crippen molar-refractivity contribution < 1.29 is 14.3 Å². The second-order valence-corrected chi connectivity index (χ2v) is 3.60. The molecular formula is C12H16O3. The van der Waals surface area contributed by atoms with E-state index in [1.807, 2.05) is 6.07 Å². The second kappa shape index (κ2) is 4.82. The first-order chi connectivity index (χ1) is 7.10. The SMILES string of the molecule is COC(=O)c1ccc(OC)c(C(C)C)c1. The fourth-order valence-corrected chi connectivity index (χ4v) is 1.43. The molecule has 1 aromatic rings. The van der Waals surface area contributed by atoms with Crippen molar-refractivity contribution in [3.63, 3.8) is 0 Å². The Morgan fingerprint density at radius 1 is 1.27 bits per heavy atom. The Balaban J connectivity index is 3.16. The normalized spacial score (nSPS) is 10.2. The monoisotopic (exact) mass is 208 g/mol. The summed E-state index contributed by atoms with van der Waals surface area (Å²) in [5.41, 5.74) is 1.57. The zero-order valence-corrected chi connectivity index (χ0v) is 9.53. The van der Waals surface area contributed by atoms with Crippen LogP contribution in [0.5, 0.6) is 5.75 Å². The van der Waals surface area contributed by atoms with Crippen LogP contribution in [0.15, 0.2) is 18.2 Å². The van der Waals surface area contributed by atoms with Gasteiger partial charge in [0, 0.05) is 0 Å². The molecule has 0 N–H and O–H groups in total. The van der Waals surface area contributed by atoms with Crippen molar-refractivity contribution in [2.75, 3.05) is 14.2 Å². The molecule has 0 atom stereocenters. The lowest BCUT2D eigenvalue weighted by atomic mass is 9.99. The first-order valence-corrected chi connectivity index (χ1v) is 4.86. The maximum absolute atomic E-state index is 11.3. The number of hydrogen-bond acceptors (Lipinski definition) is 3. The highest BCUT2D eigenvalue weighted by Crippen LogP contribution is 2.27. The average Bonchev–Trinajstić information content (AvgIpc) is 2.27. The molecule has 3 heteroatoms. The predicted molar refractivity (Wildman–Crippen MR) is 58.4 cm³/mol. The largest absolute Gasteiger partial charge is 0.496 e. The van der Waals surface area contributed by atoms with Gasteiger partial charge in [-0.2, -0.15) is 0 Å². The summed E-state index contributed by atoms with van der Waals surface area (Å²) < 4.78 is 9.89. The Hall–Kier alpha value is -1.51. The lowest BCUT2D eigenvalue weighted by molar-refractivity contribution is 0.0600. The van der Waals surface area contributed by atoms with Gasteiger partial charge in [0.2, 0.25) is 0 Å². The lowest BCUT2D eigenvalue weighted by Gasteiger charge is -2.12. The predicted octanol–water partition coefficient (Wildman–Crippen LogP) is 2.61. The smallest absolute Gasteiger partial charge is 0.337 e. The van der Waals surface area contributed by atoms with Crippen LogP contribution < -0.4 is 4.74 Å². The molecule has 1 aromatic carbocycles. The molecule has 0 bridgehead atoms. The van der Waals surface area contributed by atoms with Crippen LogP contribution in [0.4, 0.5) is 0 Å². The molecule has 1 rings (SSSR count). The van der Waals surface area contributed by atoms with Crippen molar-refractivity contribution in [2.45, 2.75) is 19.8 Å². The molecule has 0 saturated heterocycles. The van der Waals surface area contributed by atoms with Gasteiger partial charge in [-0.25, -0.2) is 4.79 Å². The van der Waals surface area contributed by atoms with E-state index in [2.05, 4.69) is 18.6 Å². The zero-order valence-electron chi connectivity index (χ0n) is 9.53. The number of carbonyl (C=O) groups excluding carboxylic acids is 1. The van der Waals surface area contributed by atoms with Gasteiger partial charge in [0.15, 0.2) is 0 Å². The molecule has 0 aromatic heterocycles. The van der Waals surface area contributed by atoms with E-state index in [-0.39, 0.29) is 5.97 Å². The molecule has 0 saturated carbocycles. The van der Waals surface area contributed by atoms with Crippen molar-refractivity contribution >= 4 is 5.97 Å². The highest BCUT2D eigenvalue weighted by atomic mass is 16.5. The van der Waals surface area contributed by atoms with E-state index in [9.17, 15) is 4.79 Å². The summed E-state index contributed by atoms with van der Waals surface area (Å²) in [6.45, 7) is 4.11. The van der Waals surface area contributed by atoms with E-state index in [1.54, 1.807) is 19.2 Å². The van der Waals surface area contributed by atoms with Gasteiger partial charge in [-0.3, -0.25) is 0 Å². The Labute approximate surface area is 90.0 Å². The molecule has 0 amide bonds. The van der Waals surface area contributed by atoms with Crippen molar-refractivity contribution in [1.29, 1.82) is 0 Å². The summed E-state index contributed by atoms with van der Waals surface area (Å²) in [4.78, 5) is 11.3. The number of methoxy groups -OCH3 is 2. The Bertz CT molecular complexity index is 356. The molecule has 3 nitrogen and oxygen atoms in total. The summed E-state index contributed by atoms with van der Waals surface area (Å²) in [6, 6.07) is 5.31. The molecule has 0 aliphatic heterocycles. The minimum Gasteiger partial charge on any atom is -0.496 e. The summed E-state index contributed by atoms with van der Waals surface area (Å²) >= 11 is 0. The van der Waals surface area contributed by atoms with Crippen molar-refractivity contribution in [3.8, 4) is 5.75 Å². The van der Waals surface area contributed by atoms with E-state index < -0.39 is 0 Å². The Morgan fingerprint density at radius 2 is 1.93 bits per heavy atom. The maximum atomic E-state index is 11.3. The van der Waals surface area contributed by atoms with E-state index in [0.29, 0.717) is 11.5 Å². The van der Waals surface area contributed by atoms with E-state index in [4.69, 9.17) is 4.74 Å². The fourth-order valence-electron chi connectivity index (χ4n) is 1.43. The van der Waals surface area contributed by atoms with Gasteiger partial charge in [-0.05, 0) is 29.7 Å². The van der Waals surface area contributed by atoms with Crippen LogP contribution in [0.2, 0.25) is 0 Å². The number of rotatable bonds is 3. The average molecular weight is 208 g/mol. The van der Waals surface area contributed by atoms with Crippen molar-refractivity contribution in [2.24, 2.45) is 0 Å². The summed E-state index contributed by atoms with van der Waals surface area (Å²) in [6.07, 6.45) is 0. The molecule has 15 heavy (non-hydrogen) atoms. The van der Waals surface area contributed by atoms with Crippen molar-refractivity contribution in [1.82, 2.24) is 0 Å². The third-order valence-electron chi connectivity index (χ3n) is 2.27. The van der Waals surface area contributed by atoms with Crippen LogP contribution in [0.25, 0.3) is 0 Å². The fraction of sp³-hybridized carbons (Fsp3) is 0.417. The van der Waals surface area contributed by atoms with Crippen LogP contribution in [0.3, 0.4) is 0 Å². The summed E-state index contributed by atoms with van der Waals surface area (Å²) in [7, 11) is 3.00. The zero-order chi connectivity index (χ0) is 11.4. The summed E-state index contributed by atoms with van der Waals surface area (Å²) in [5, 5.41) is 0. The molecule has 0 aliphatic carbocycles. The minimum absolute atomic E-state index is 0.310. The molecule has 0 spiro atoms. The van der Waals surface area contributed by atoms with Gasteiger partial charge >= 0.3 is 5.97 Å². The molecular weight excluding hydrogens is 192 g/mol. The van der Waals surface area contributed by atoms with E-state index in [0.717, 1.165) is 11.3 Å². The lowest BCUT2D eigenvalue weighted by Crippen LogP contribution is -2.03. The number of ether oxygens (including phenoxy) is 2. The Kier molecular flexibility index (Phi) is 3.72. The molecule has 0 heterocycles. The summed E-state index contributed by atoms with van der Waals surface area (Å²) in [5.74, 6) is 0.793. The van der Waals surface area contributed by atoms with Crippen LogP contribution in [-0.2, 0) is 4.74 Å². The molecule has 0 unspecified atom stereocenters. The van der Waals surface area contributed by atoms with Crippen LogP contribution in [-0.4, -0.2) is 20.2 Å². The van der Waals surface area contributed by atoms with Gasteiger partial charge in [0.1, 0.15) is 5.75 Å². The molecule has 82 valence electrons. The number of hydrogen-bond donors (Lipinski definition) is 0. The van der Waals surface area contributed by atoms with Crippen LogP contribution in [0, 0.1) is 0 Å². The standard InChI is InChI=1S/C12H16O3/c1-8(2)10-7-9(12(13)15-4)5-6-11(10)14-3/h5-8H,1-4H3. The van der Waals surface area contributed by atoms with E-state index in [1.165, 1.54) is 7.11 Å². The number of esters is 1. The minimum atomic E-state index is -0.320. The third-order valence-corrected chi connectivity index (χ3v) is 2.27. The molecule has 0 fully saturated rings. The van der Waals surface area contributed by atoms with Crippen LogP contribution in [0.1, 0.15) is 35.7 Å². The van der Waals surface area contributed by atoms with Gasteiger partial charge in [0.25, 0.3) is 0 Å². The van der Waals surface area contributed by atoms with Gasteiger partial charge in [0.05, 0.1) is 19.8 Å². The Morgan fingerprint density at radius 3 is 2.40 bits per heavy atom. The number of carbonyl (C=O) groups is 1. The third kappa shape index (κ3) is 2.49. The first kappa shape index (κ1) is 11.6. The first-order valence-electron chi connectivity index (χ1n) is 4.86. The maximum Gasteiger partial charge on any atom is 0.337 e. The van der Waals surface area contributed by atoms with Crippen LogP contribution >= 0.6 is 0 Å². The molecule has 0 radical (unpaired) electrons. The van der Waals surface area contributed by atoms with Gasteiger partial charge in [-0.15, -0.1) is 0 Å².